The predicted octanol–water partition coefficient (Wildman–Crippen LogP) is 22.7. The number of fused-ring (bicyclic) bond motifs is 6. The van der Waals surface area contributed by atoms with Crippen molar-refractivity contribution in [2.45, 2.75) is 64.7 Å². The summed E-state index contributed by atoms with van der Waals surface area (Å²) < 4.78 is 8.73. The SMILES string of the molecule is C=Cc1ccc(OCC(C)CCC(C)CC2(c3ccccc3)c3ccccc3-c3ccc(N(c4ccccc4)c4ccc(-c5ccc6c(c5)c5cc(-c7ccc(C(C)(C)C)cc7)ccc5n6-c5ccc(-c6ccc(C=C)cc6)cc5)cc4)cc32)cc1. The Morgan fingerprint density at radius 1 is 0.453 bits per heavy atom. The minimum Gasteiger partial charge on any atom is -0.493 e. The third-order valence-electron chi connectivity index (χ3n) is 18.0. The monoisotopic (exact) mass is 1110 g/mol. The number of para-hydroxylation sites is 1. The van der Waals surface area contributed by atoms with Gasteiger partial charge in [0.05, 0.1) is 17.6 Å². The molecule has 1 aliphatic rings. The molecule has 1 heterocycles. The first-order valence-electron chi connectivity index (χ1n) is 30.6. The highest BCUT2D eigenvalue weighted by molar-refractivity contribution is 6.11. The maximum atomic E-state index is 6.30. The van der Waals surface area contributed by atoms with E-state index in [2.05, 4.69) is 306 Å². The minimum atomic E-state index is -0.358. The molecule has 12 aromatic rings. The fourth-order valence-electron chi connectivity index (χ4n) is 13.3. The summed E-state index contributed by atoms with van der Waals surface area (Å²) in [5, 5.41) is 2.44. The smallest absolute Gasteiger partial charge is 0.119 e. The van der Waals surface area contributed by atoms with Crippen molar-refractivity contribution in [3.63, 3.8) is 0 Å². The molecule has 0 N–H and O–H groups in total. The molecule has 0 saturated heterocycles. The van der Waals surface area contributed by atoms with Gasteiger partial charge in [-0.3, -0.25) is 0 Å². The number of ether oxygens (including phenoxy) is 1. The van der Waals surface area contributed by atoms with Crippen LogP contribution in [-0.2, 0) is 10.8 Å². The molecule has 1 aromatic heterocycles. The van der Waals surface area contributed by atoms with Crippen molar-refractivity contribution in [3.05, 3.63) is 307 Å². The highest BCUT2D eigenvalue weighted by atomic mass is 16.5. The van der Waals surface area contributed by atoms with Crippen LogP contribution in [0.2, 0.25) is 0 Å². The fourth-order valence-corrected chi connectivity index (χ4v) is 13.3. The highest BCUT2D eigenvalue weighted by Crippen LogP contribution is 2.57. The van der Waals surface area contributed by atoms with E-state index in [4.69, 9.17) is 4.74 Å². The molecule has 422 valence electrons. The van der Waals surface area contributed by atoms with Gasteiger partial charge in [0.15, 0.2) is 0 Å². The van der Waals surface area contributed by atoms with Gasteiger partial charge in [0.2, 0.25) is 0 Å². The molecule has 13 rings (SSSR count). The Bertz CT molecular complexity index is 4380. The largest absolute Gasteiger partial charge is 0.493 e. The van der Waals surface area contributed by atoms with Crippen LogP contribution in [0.3, 0.4) is 0 Å². The first-order chi connectivity index (χ1) is 41.9. The van der Waals surface area contributed by atoms with Crippen LogP contribution in [0.15, 0.2) is 274 Å². The number of hydrogen-bond donors (Lipinski definition) is 0. The predicted molar refractivity (Wildman–Crippen MR) is 367 cm³/mol. The molecule has 0 radical (unpaired) electrons. The lowest BCUT2D eigenvalue weighted by atomic mass is 9.67. The van der Waals surface area contributed by atoms with Crippen molar-refractivity contribution in [1.82, 2.24) is 4.57 Å². The molecule has 86 heavy (non-hydrogen) atoms. The summed E-state index contributed by atoms with van der Waals surface area (Å²) in [5.74, 6) is 1.74. The summed E-state index contributed by atoms with van der Waals surface area (Å²) in [7, 11) is 0. The van der Waals surface area contributed by atoms with E-state index in [0.29, 0.717) is 18.4 Å². The van der Waals surface area contributed by atoms with Crippen LogP contribution in [-0.4, -0.2) is 11.2 Å². The molecular weight excluding hydrogens is 1040 g/mol. The van der Waals surface area contributed by atoms with E-state index in [1.54, 1.807) is 0 Å². The molecule has 3 heteroatoms. The van der Waals surface area contributed by atoms with Crippen LogP contribution < -0.4 is 9.64 Å². The van der Waals surface area contributed by atoms with Crippen molar-refractivity contribution < 1.29 is 4.74 Å². The topological polar surface area (TPSA) is 17.4 Å². The van der Waals surface area contributed by atoms with Gasteiger partial charge in [-0.2, -0.15) is 0 Å². The molecule has 0 spiro atoms. The van der Waals surface area contributed by atoms with Gasteiger partial charge in [0.25, 0.3) is 0 Å². The van der Waals surface area contributed by atoms with Gasteiger partial charge in [0.1, 0.15) is 5.75 Å². The summed E-state index contributed by atoms with van der Waals surface area (Å²) in [6.07, 6.45) is 6.91. The van der Waals surface area contributed by atoms with Crippen molar-refractivity contribution in [2.75, 3.05) is 11.5 Å². The Morgan fingerprint density at radius 3 is 1.53 bits per heavy atom. The summed E-state index contributed by atoms with van der Waals surface area (Å²) in [6, 6.07) is 96.7. The van der Waals surface area contributed by atoms with E-state index in [-0.39, 0.29) is 10.8 Å². The molecule has 3 atom stereocenters. The standard InChI is InChI=1S/C83H74N2O/c1-8-59-26-30-61(31-27-59)62-34-44-71(45-35-62)85-80-50-38-65(63-32-40-67(41-33-63)82(5,6)7)52-76(80)77-53-66(39-51-81(77)85)64-36-42-70(43-37-64)84(69-20-14-11-15-21-69)72-46-49-75-74-22-16-17-23-78(74)83(79(75)54-72,68-18-12-10-13-19-68)55-57(3)24-25-58(4)56-86-73-47-28-60(9-2)29-48-73/h8-23,26-54,57-58H,1-2,24-25,55-56H2,3-7H3. The Kier molecular flexibility index (Phi) is 15.1. The fraction of sp³-hybridized carbons (Fsp3) is 0.157. The summed E-state index contributed by atoms with van der Waals surface area (Å²) in [6.45, 7) is 20.1. The lowest BCUT2D eigenvalue weighted by molar-refractivity contribution is 0.240. The molecule has 3 unspecified atom stereocenters. The second kappa shape index (κ2) is 23.4. The second-order valence-corrected chi connectivity index (χ2v) is 24.8. The van der Waals surface area contributed by atoms with Crippen molar-refractivity contribution in [3.8, 4) is 55.9 Å². The molecule has 1 aliphatic carbocycles. The second-order valence-electron chi connectivity index (χ2n) is 24.8. The van der Waals surface area contributed by atoms with E-state index in [9.17, 15) is 0 Å². The minimum absolute atomic E-state index is 0.0789. The molecular formula is C83H74N2O. The molecule has 0 amide bonds. The maximum absolute atomic E-state index is 6.30. The highest BCUT2D eigenvalue weighted by Gasteiger charge is 2.45. The molecule has 3 nitrogen and oxygen atoms in total. The number of aromatic nitrogens is 1. The number of rotatable bonds is 18. The summed E-state index contributed by atoms with van der Waals surface area (Å²) in [5.41, 5.74) is 23.9. The van der Waals surface area contributed by atoms with Gasteiger partial charge >= 0.3 is 0 Å². The number of benzene rings is 11. The van der Waals surface area contributed by atoms with Gasteiger partial charge in [-0.15, -0.1) is 0 Å². The van der Waals surface area contributed by atoms with Gasteiger partial charge in [-0.05, 0) is 193 Å². The maximum Gasteiger partial charge on any atom is 0.119 e. The van der Waals surface area contributed by atoms with Crippen LogP contribution in [0, 0.1) is 11.8 Å². The lowest BCUT2D eigenvalue weighted by Gasteiger charge is -2.36. The van der Waals surface area contributed by atoms with Gasteiger partial charge < -0.3 is 14.2 Å². The third-order valence-corrected chi connectivity index (χ3v) is 18.0. The quantitative estimate of drug-likeness (QED) is 0.0852. The lowest BCUT2D eigenvalue weighted by Crippen LogP contribution is -2.30. The van der Waals surface area contributed by atoms with Crippen molar-refractivity contribution in [2.24, 2.45) is 11.8 Å². The zero-order valence-electron chi connectivity index (χ0n) is 50.2. The van der Waals surface area contributed by atoms with Gasteiger partial charge in [0, 0.05) is 38.9 Å². The van der Waals surface area contributed by atoms with Crippen molar-refractivity contribution in [1.29, 1.82) is 0 Å². The van der Waals surface area contributed by atoms with Crippen LogP contribution in [0.25, 0.3) is 84.2 Å². The number of anilines is 3. The van der Waals surface area contributed by atoms with E-state index in [1.807, 2.05) is 24.3 Å². The Balaban J connectivity index is 0.856. The van der Waals surface area contributed by atoms with Gasteiger partial charge in [-0.25, -0.2) is 0 Å². The van der Waals surface area contributed by atoms with Crippen LogP contribution in [0.4, 0.5) is 17.1 Å². The Morgan fingerprint density at radius 2 is 0.930 bits per heavy atom. The van der Waals surface area contributed by atoms with E-state index in [0.717, 1.165) is 64.5 Å². The van der Waals surface area contributed by atoms with Gasteiger partial charge in [-0.1, -0.05) is 242 Å². The number of hydrogen-bond acceptors (Lipinski definition) is 2. The van der Waals surface area contributed by atoms with Crippen LogP contribution in [0.1, 0.15) is 87.3 Å². The third kappa shape index (κ3) is 10.7. The van der Waals surface area contributed by atoms with E-state index in [1.165, 1.54) is 83.0 Å². The first kappa shape index (κ1) is 55.5. The number of nitrogens with zero attached hydrogens (tertiary/aromatic N) is 2. The van der Waals surface area contributed by atoms with E-state index < -0.39 is 0 Å². The van der Waals surface area contributed by atoms with Crippen LogP contribution >= 0.6 is 0 Å². The Labute approximate surface area is 508 Å². The molecule has 0 fully saturated rings. The molecule has 0 bridgehead atoms. The zero-order chi connectivity index (χ0) is 58.9. The molecule has 11 aromatic carbocycles. The first-order valence-corrected chi connectivity index (χ1v) is 30.6. The molecule has 0 saturated carbocycles. The normalized spacial score (nSPS) is 14.3. The molecule has 0 aliphatic heterocycles. The van der Waals surface area contributed by atoms with Crippen LogP contribution in [0.5, 0.6) is 5.75 Å². The summed E-state index contributed by atoms with van der Waals surface area (Å²) >= 11 is 0. The average Bonchev–Trinajstić information content (AvgIpc) is 2.73. The Hall–Kier alpha value is -9.70. The van der Waals surface area contributed by atoms with E-state index >= 15 is 0 Å². The average molecular weight is 1120 g/mol. The summed E-state index contributed by atoms with van der Waals surface area (Å²) in [4.78, 5) is 2.44. The van der Waals surface area contributed by atoms with Crippen molar-refractivity contribution >= 4 is 51.0 Å². The zero-order valence-corrected chi connectivity index (χ0v) is 50.2.